The van der Waals surface area contributed by atoms with Gasteiger partial charge in [-0.05, 0) is 27.4 Å². The van der Waals surface area contributed by atoms with Crippen molar-refractivity contribution in [1.29, 1.82) is 0 Å². The minimum absolute atomic E-state index is 0.0273. The standard InChI is InChI=1S/C13H12BrN3OS2/c1-7(2)12-16-15-10(20-12)6-17-5-9(14)8-3-4-19-11(8)13(17)18/h3-5,7H,6H2,1-2H3. The molecule has 0 aliphatic carbocycles. The van der Waals surface area contributed by atoms with Crippen molar-refractivity contribution in [2.75, 3.05) is 0 Å². The summed E-state index contributed by atoms with van der Waals surface area (Å²) in [6, 6.07) is 1.96. The Hall–Kier alpha value is -1.05. The zero-order valence-electron chi connectivity index (χ0n) is 11.0. The summed E-state index contributed by atoms with van der Waals surface area (Å²) in [6.45, 7) is 4.64. The Morgan fingerprint density at radius 1 is 1.40 bits per heavy atom. The third kappa shape index (κ3) is 2.45. The number of nitrogens with zero attached hydrogens (tertiary/aromatic N) is 3. The van der Waals surface area contributed by atoms with Gasteiger partial charge in [-0.1, -0.05) is 25.2 Å². The van der Waals surface area contributed by atoms with Gasteiger partial charge in [0.15, 0.2) is 0 Å². The number of aromatic nitrogens is 3. The molecule has 4 nitrogen and oxygen atoms in total. The van der Waals surface area contributed by atoms with Gasteiger partial charge in [0.05, 0.1) is 6.54 Å². The maximum atomic E-state index is 12.4. The van der Waals surface area contributed by atoms with E-state index in [0.717, 1.165) is 24.6 Å². The first kappa shape index (κ1) is 13.9. The predicted octanol–water partition coefficient (Wildman–Crippen LogP) is 3.85. The van der Waals surface area contributed by atoms with E-state index in [9.17, 15) is 4.79 Å². The number of hydrogen-bond donors (Lipinski definition) is 0. The molecule has 0 aliphatic rings. The highest BCUT2D eigenvalue weighted by atomic mass is 79.9. The van der Waals surface area contributed by atoms with Crippen LogP contribution < -0.4 is 5.56 Å². The smallest absolute Gasteiger partial charge is 0.268 e. The highest BCUT2D eigenvalue weighted by Crippen LogP contribution is 2.26. The molecule has 20 heavy (non-hydrogen) atoms. The number of hydrogen-bond acceptors (Lipinski definition) is 5. The molecule has 3 heterocycles. The molecule has 3 aromatic rings. The fourth-order valence-corrected chi connectivity index (χ4v) is 4.30. The lowest BCUT2D eigenvalue weighted by molar-refractivity contribution is 0.744. The first-order valence-corrected chi connectivity index (χ1v) is 8.63. The van der Waals surface area contributed by atoms with E-state index in [1.807, 2.05) is 17.6 Å². The van der Waals surface area contributed by atoms with Crippen LogP contribution in [-0.4, -0.2) is 14.8 Å². The van der Waals surface area contributed by atoms with Crippen LogP contribution in [0.1, 0.15) is 29.8 Å². The lowest BCUT2D eigenvalue weighted by Gasteiger charge is -2.04. The number of fused-ring (bicyclic) bond motifs is 1. The molecular weight excluding hydrogens is 358 g/mol. The van der Waals surface area contributed by atoms with Crippen LogP contribution in [0, 0.1) is 0 Å². The molecule has 3 rings (SSSR count). The third-order valence-corrected chi connectivity index (χ3v) is 5.67. The molecular formula is C13H12BrN3OS2. The van der Waals surface area contributed by atoms with Crippen LogP contribution in [0.4, 0.5) is 0 Å². The van der Waals surface area contributed by atoms with E-state index in [1.165, 1.54) is 11.3 Å². The average molecular weight is 370 g/mol. The monoisotopic (exact) mass is 369 g/mol. The molecule has 0 saturated carbocycles. The van der Waals surface area contributed by atoms with E-state index < -0.39 is 0 Å². The van der Waals surface area contributed by atoms with E-state index in [2.05, 4.69) is 40.0 Å². The Labute approximate surface area is 132 Å². The highest BCUT2D eigenvalue weighted by molar-refractivity contribution is 9.10. The number of rotatable bonds is 3. The van der Waals surface area contributed by atoms with Crippen molar-refractivity contribution in [2.45, 2.75) is 26.3 Å². The summed E-state index contributed by atoms with van der Waals surface area (Å²) < 4.78 is 3.39. The highest BCUT2D eigenvalue weighted by Gasteiger charge is 2.12. The van der Waals surface area contributed by atoms with Crippen LogP contribution in [0.15, 0.2) is 26.9 Å². The van der Waals surface area contributed by atoms with Gasteiger partial charge in [-0.2, -0.15) is 0 Å². The first-order chi connectivity index (χ1) is 9.56. The van der Waals surface area contributed by atoms with Crippen LogP contribution in [0.2, 0.25) is 0 Å². The molecule has 0 N–H and O–H groups in total. The fourth-order valence-electron chi connectivity index (χ4n) is 1.89. The Morgan fingerprint density at radius 2 is 2.20 bits per heavy atom. The number of thiophene rings is 1. The van der Waals surface area contributed by atoms with E-state index in [0.29, 0.717) is 12.5 Å². The van der Waals surface area contributed by atoms with Crippen LogP contribution in [0.3, 0.4) is 0 Å². The molecule has 0 spiro atoms. The molecule has 7 heteroatoms. The van der Waals surface area contributed by atoms with Gasteiger partial charge >= 0.3 is 0 Å². The van der Waals surface area contributed by atoms with Crippen LogP contribution in [0.25, 0.3) is 10.1 Å². The number of pyridine rings is 1. The van der Waals surface area contributed by atoms with Gasteiger partial charge in [0.1, 0.15) is 14.7 Å². The van der Waals surface area contributed by atoms with Crippen molar-refractivity contribution in [3.63, 3.8) is 0 Å². The van der Waals surface area contributed by atoms with Crippen LogP contribution >= 0.6 is 38.6 Å². The van der Waals surface area contributed by atoms with Gasteiger partial charge in [0.25, 0.3) is 5.56 Å². The zero-order valence-corrected chi connectivity index (χ0v) is 14.2. The SMILES string of the molecule is CC(C)c1nnc(Cn2cc(Br)c3ccsc3c2=O)s1. The van der Waals surface area contributed by atoms with Crippen molar-refractivity contribution >= 4 is 48.7 Å². The van der Waals surface area contributed by atoms with Crippen molar-refractivity contribution in [2.24, 2.45) is 0 Å². The molecule has 0 fully saturated rings. The molecule has 104 valence electrons. The Kier molecular flexibility index (Phi) is 3.74. The van der Waals surface area contributed by atoms with Gasteiger partial charge in [-0.3, -0.25) is 4.79 Å². The predicted molar refractivity (Wildman–Crippen MR) is 86.9 cm³/mol. The summed E-state index contributed by atoms with van der Waals surface area (Å²) >= 11 is 6.55. The largest absolute Gasteiger partial charge is 0.306 e. The van der Waals surface area contributed by atoms with E-state index >= 15 is 0 Å². The van der Waals surface area contributed by atoms with E-state index in [1.54, 1.807) is 15.9 Å². The number of halogens is 1. The Balaban J connectivity index is 2.01. The second-order valence-corrected chi connectivity index (χ2v) is 7.63. The summed E-state index contributed by atoms with van der Waals surface area (Å²) in [7, 11) is 0. The van der Waals surface area contributed by atoms with E-state index in [4.69, 9.17) is 0 Å². The average Bonchev–Trinajstić information content (AvgIpc) is 3.04. The van der Waals surface area contributed by atoms with Crippen molar-refractivity contribution in [3.05, 3.63) is 42.5 Å². The Morgan fingerprint density at radius 3 is 2.90 bits per heavy atom. The quantitative estimate of drug-likeness (QED) is 0.704. The molecule has 0 radical (unpaired) electrons. The van der Waals surface area contributed by atoms with Crippen molar-refractivity contribution < 1.29 is 0 Å². The molecule has 3 aromatic heterocycles. The zero-order chi connectivity index (χ0) is 14.3. The minimum atomic E-state index is 0.0273. The van der Waals surface area contributed by atoms with Crippen molar-refractivity contribution in [3.8, 4) is 0 Å². The summed E-state index contributed by atoms with van der Waals surface area (Å²) in [5.74, 6) is 0.365. The van der Waals surface area contributed by atoms with Gasteiger partial charge in [-0.25, -0.2) is 0 Å². The molecule has 0 amide bonds. The van der Waals surface area contributed by atoms with Crippen LogP contribution in [0.5, 0.6) is 0 Å². The second-order valence-electron chi connectivity index (χ2n) is 4.76. The minimum Gasteiger partial charge on any atom is -0.306 e. The normalized spacial score (nSPS) is 11.6. The summed E-state index contributed by atoms with van der Waals surface area (Å²) in [5.41, 5.74) is 0.0273. The summed E-state index contributed by atoms with van der Waals surface area (Å²) in [4.78, 5) is 12.4. The van der Waals surface area contributed by atoms with Gasteiger partial charge < -0.3 is 4.57 Å². The van der Waals surface area contributed by atoms with Gasteiger partial charge in [-0.15, -0.1) is 21.5 Å². The molecule has 0 bridgehead atoms. The molecule has 0 atom stereocenters. The topological polar surface area (TPSA) is 47.8 Å². The van der Waals surface area contributed by atoms with E-state index in [-0.39, 0.29) is 5.56 Å². The third-order valence-electron chi connectivity index (χ3n) is 2.93. The van der Waals surface area contributed by atoms with Crippen molar-refractivity contribution in [1.82, 2.24) is 14.8 Å². The lowest BCUT2D eigenvalue weighted by Crippen LogP contribution is -2.19. The second kappa shape index (κ2) is 5.38. The van der Waals surface area contributed by atoms with Gasteiger partial charge in [0.2, 0.25) is 0 Å². The first-order valence-electron chi connectivity index (χ1n) is 6.14. The Bertz CT molecular complexity index is 818. The van der Waals surface area contributed by atoms with Gasteiger partial charge in [0, 0.05) is 22.0 Å². The molecule has 0 aromatic carbocycles. The van der Waals surface area contributed by atoms with Crippen LogP contribution in [-0.2, 0) is 6.54 Å². The summed E-state index contributed by atoms with van der Waals surface area (Å²) in [6.07, 6.45) is 1.83. The fraction of sp³-hybridized carbons (Fsp3) is 0.308. The lowest BCUT2D eigenvalue weighted by atomic mass is 10.2. The maximum absolute atomic E-state index is 12.4. The molecule has 0 unspecified atom stereocenters. The molecule has 0 saturated heterocycles. The maximum Gasteiger partial charge on any atom is 0.268 e. The summed E-state index contributed by atoms with van der Waals surface area (Å²) in [5, 5.41) is 13.1. The molecule has 0 aliphatic heterocycles.